The minimum absolute atomic E-state index is 0.0796. The van der Waals surface area contributed by atoms with Crippen molar-refractivity contribution in [2.24, 2.45) is 0 Å². The fraction of sp³-hybridized carbons (Fsp3) is 0.143. The smallest absolute Gasteiger partial charge is 0.256 e. The molecule has 2 aromatic carbocycles. The number of hydrogen-bond donors (Lipinski definition) is 1. The number of nitriles is 1. The number of nitrogens with zero attached hydrogens (tertiary/aromatic N) is 5. The van der Waals surface area contributed by atoms with Crippen molar-refractivity contribution < 1.29 is 9.59 Å². The zero-order valence-electron chi connectivity index (χ0n) is 19.7. The largest absolute Gasteiger partial charge is 0.339 e. The zero-order valence-corrected chi connectivity index (χ0v) is 20.4. The second-order valence-corrected chi connectivity index (χ2v) is 9.10. The van der Waals surface area contributed by atoms with Gasteiger partial charge in [0.1, 0.15) is 12.1 Å². The topological polar surface area (TPSA) is 112 Å². The number of halogens is 1. The van der Waals surface area contributed by atoms with Gasteiger partial charge in [-0.25, -0.2) is 15.0 Å². The molecule has 37 heavy (non-hydrogen) atoms. The average Bonchev–Trinajstić information content (AvgIpc) is 3.42. The summed E-state index contributed by atoms with van der Waals surface area (Å²) in [6.45, 7) is 4.84. The molecule has 0 saturated carbocycles. The summed E-state index contributed by atoms with van der Waals surface area (Å²) in [5, 5.41) is 13.0. The van der Waals surface area contributed by atoms with Crippen molar-refractivity contribution in [1.82, 2.24) is 19.9 Å². The summed E-state index contributed by atoms with van der Waals surface area (Å²) in [7, 11) is 0. The Morgan fingerprint density at radius 1 is 1.19 bits per heavy atom. The fourth-order valence-corrected chi connectivity index (χ4v) is 4.88. The van der Waals surface area contributed by atoms with Gasteiger partial charge in [-0.15, -0.1) is 0 Å². The molecule has 9 heteroatoms. The SMILES string of the molecule is C=CC(=O)N1CCC(c2cc(-c3ccc(C(=O)Nc4cc(C#N)ccn4)cc3Cl)cc3cncnc23)C1. The van der Waals surface area contributed by atoms with Crippen LogP contribution in [-0.2, 0) is 4.79 Å². The first kappa shape index (κ1) is 24.1. The van der Waals surface area contributed by atoms with Gasteiger partial charge in [-0.2, -0.15) is 5.26 Å². The molecule has 5 rings (SSSR count). The number of carbonyl (C=O) groups is 2. The molecule has 8 nitrogen and oxygen atoms in total. The number of amides is 2. The maximum absolute atomic E-state index is 12.8. The quantitative estimate of drug-likeness (QED) is 0.381. The van der Waals surface area contributed by atoms with Gasteiger partial charge in [0.15, 0.2) is 0 Å². The molecule has 0 aliphatic carbocycles. The number of hydrogen-bond acceptors (Lipinski definition) is 6. The van der Waals surface area contributed by atoms with Crippen molar-refractivity contribution in [3.05, 3.63) is 95.6 Å². The number of benzene rings is 2. The van der Waals surface area contributed by atoms with Crippen LogP contribution in [0.5, 0.6) is 0 Å². The van der Waals surface area contributed by atoms with Crippen molar-refractivity contribution in [3.8, 4) is 17.2 Å². The predicted octanol–water partition coefficient (Wildman–Crippen LogP) is 4.97. The molecule has 0 bridgehead atoms. The Morgan fingerprint density at radius 2 is 2.05 bits per heavy atom. The van der Waals surface area contributed by atoms with E-state index in [0.29, 0.717) is 29.2 Å². The Balaban J connectivity index is 1.47. The van der Waals surface area contributed by atoms with Crippen molar-refractivity contribution in [2.75, 3.05) is 18.4 Å². The van der Waals surface area contributed by atoms with Crippen LogP contribution in [-0.4, -0.2) is 44.8 Å². The molecule has 1 N–H and O–H groups in total. The van der Waals surface area contributed by atoms with Crippen molar-refractivity contribution in [1.29, 1.82) is 5.26 Å². The monoisotopic (exact) mass is 508 g/mol. The highest BCUT2D eigenvalue weighted by atomic mass is 35.5. The highest BCUT2D eigenvalue weighted by molar-refractivity contribution is 6.34. The number of likely N-dealkylation sites (tertiary alicyclic amines) is 1. The number of rotatable bonds is 5. The molecular weight excluding hydrogens is 488 g/mol. The number of fused-ring (bicyclic) bond motifs is 1. The molecule has 2 aromatic heterocycles. The summed E-state index contributed by atoms with van der Waals surface area (Å²) in [5.41, 5.74) is 4.25. The maximum Gasteiger partial charge on any atom is 0.256 e. The van der Waals surface area contributed by atoms with Crippen LogP contribution in [0.15, 0.2) is 73.8 Å². The van der Waals surface area contributed by atoms with Gasteiger partial charge in [-0.1, -0.05) is 24.2 Å². The molecule has 2 amide bonds. The van der Waals surface area contributed by atoms with Crippen LogP contribution >= 0.6 is 11.6 Å². The van der Waals surface area contributed by atoms with E-state index in [9.17, 15) is 9.59 Å². The minimum atomic E-state index is -0.387. The summed E-state index contributed by atoms with van der Waals surface area (Å²) in [6.07, 6.45) is 6.90. The van der Waals surface area contributed by atoms with Gasteiger partial charge in [0.2, 0.25) is 5.91 Å². The van der Waals surface area contributed by atoms with Gasteiger partial charge in [0, 0.05) is 52.9 Å². The number of anilines is 1. The second-order valence-electron chi connectivity index (χ2n) is 8.69. The zero-order chi connectivity index (χ0) is 25.9. The summed E-state index contributed by atoms with van der Waals surface area (Å²) >= 11 is 6.67. The summed E-state index contributed by atoms with van der Waals surface area (Å²) in [5.74, 6) is -0.0728. The number of nitrogens with one attached hydrogen (secondary N) is 1. The third-order valence-electron chi connectivity index (χ3n) is 6.42. The molecule has 0 radical (unpaired) electrons. The lowest BCUT2D eigenvalue weighted by Crippen LogP contribution is -2.26. The molecule has 182 valence electrons. The van der Waals surface area contributed by atoms with E-state index in [1.54, 1.807) is 35.4 Å². The first-order chi connectivity index (χ1) is 18.0. The van der Waals surface area contributed by atoms with Crippen molar-refractivity contribution in [2.45, 2.75) is 12.3 Å². The first-order valence-electron chi connectivity index (χ1n) is 11.6. The number of pyridine rings is 1. The van der Waals surface area contributed by atoms with Crippen LogP contribution in [0.3, 0.4) is 0 Å². The first-order valence-corrected chi connectivity index (χ1v) is 12.0. The summed E-state index contributed by atoms with van der Waals surface area (Å²) < 4.78 is 0. The third-order valence-corrected chi connectivity index (χ3v) is 6.74. The lowest BCUT2D eigenvalue weighted by atomic mass is 9.91. The minimum Gasteiger partial charge on any atom is -0.339 e. The number of carbonyl (C=O) groups excluding carboxylic acids is 2. The Labute approximate surface area is 218 Å². The lowest BCUT2D eigenvalue weighted by molar-refractivity contribution is -0.125. The Kier molecular flexibility index (Phi) is 6.62. The molecule has 1 aliphatic heterocycles. The molecule has 1 unspecified atom stereocenters. The van der Waals surface area contributed by atoms with Crippen LogP contribution in [0.25, 0.3) is 22.0 Å². The van der Waals surface area contributed by atoms with Gasteiger partial charge < -0.3 is 10.2 Å². The second kappa shape index (κ2) is 10.2. The third kappa shape index (κ3) is 4.90. The Bertz CT molecular complexity index is 1600. The Hall–Kier alpha value is -4.61. The summed E-state index contributed by atoms with van der Waals surface area (Å²) in [6, 6.07) is 14.2. The molecule has 1 fully saturated rings. The molecular formula is C28H21ClN6O2. The summed E-state index contributed by atoms with van der Waals surface area (Å²) in [4.78, 5) is 39.5. The van der Waals surface area contributed by atoms with Crippen molar-refractivity contribution in [3.63, 3.8) is 0 Å². The average molecular weight is 509 g/mol. The van der Waals surface area contributed by atoms with E-state index in [-0.39, 0.29) is 23.6 Å². The van der Waals surface area contributed by atoms with Crippen LogP contribution in [0.4, 0.5) is 5.82 Å². The molecule has 3 heterocycles. The standard InChI is InChI=1S/C28H21ClN6O2/c1-2-26(36)35-8-6-19(15-35)23-11-20(10-21-14-31-16-33-27(21)23)22-4-3-18(12-24(22)29)28(37)34-25-9-17(13-30)5-7-32-25/h2-5,7,9-12,14,16,19H,1,6,8,15H2,(H,32,34,37). The highest BCUT2D eigenvalue weighted by Gasteiger charge is 2.28. The fourth-order valence-electron chi connectivity index (χ4n) is 4.59. The van der Waals surface area contributed by atoms with Crippen LogP contribution in [0, 0.1) is 11.3 Å². The normalized spacial score (nSPS) is 14.8. The molecule has 0 spiro atoms. The lowest BCUT2D eigenvalue weighted by Gasteiger charge is -2.17. The predicted molar refractivity (Wildman–Crippen MR) is 141 cm³/mol. The maximum atomic E-state index is 12.8. The van der Waals surface area contributed by atoms with Crippen LogP contribution < -0.4 is 5.32 Å². The van der Waals surface area contributed by atoms with E-state index in [1.165, 1.54) is 24.7 Å². The van der Waals surface area contributed by atoms with Gasteiger partial charge in [0.05, 0.1) is 17.1 Å². The number of aromatic nitrogens is 3. The Morgan fingerprint density at radius 3 is 2.84 bits per heavy atom. The molecule has 1 atom stereocenters. The van der Waals surface area contributed by atoms with Crippen molar-refractivity contribution >= 4 is 40.1 Å². The van der Waals surface area contributed by atoms with Gasteiger partial charge in [-0.3, -0.25) is 9.59 Å². The molecule has 1 aliphatic rings. The van der Waals surface area contributed by atoms with E-state index in [2.05, 4.69) is 32.9 Å². The van der Waals surface area contributed by atoms with Crippen LogP contribution in [0.2, 0.25) is 5.02 Å². The molecule has 1 saturated heterocycles. The molecule has 4 aromatic rings. The highest BCUT2D eigenvalue weighted by Crippen LogP contribution is 2.37. The van der Waals surface area contributed by atoms with Gasteiger partial charge in [-0.05, 0) is 60.0 Å². The van der Waals surface area contributed by atoms with E-state index in [4.69, 9.17) is 16.9 Å². The van der Waals surface area contributed by atoms with E-state index in [0.717, 1.165) is 34.0 Å². The van der Waals surface area contributed by atoms with E-state index >= 15 is 0 Å². The van der Waals surface area contributed by atoms with E-state index < -0.39 is 0 Å². The van der Waals surface area contributed by atoms with Gasteiger partial charge in [0.25, 0.3) is 5.91 Å². The van der Waals surface area contributed by atoms with Crippen LogP contribution in [0.1, 0.15) is 33.8 Å². The van der Waals surface area contributed by atoms with E-state index in [1.807, 2.05) is 12.1 Å². The van der Waals surface area contributed by atoms with Gasteiger partial charge >= 0.3 is 0 Å².